The SMILES string of the molecule is NC(=O)CC(NC(=O)c1ccccc1)c1ccc(NCCN2CCOCC2)c([N+](=O)[O-])c1. The first-order valence-corrected chi connectivity index (χ1v) is 10.4. The number of anilines is 1. The van der Waals surface area contributed by atoms with Crippen LogP contribution in [0.3, 0.4) is 0 Å². The lowest BCUT2D eigenvalue weighted by atomic mass is 10.0. The monoisotopic (exact) mass is 441 g/mol. The second-order valence-corrected chi connectivity index (χ2v) is 7.48. The topological polar surface area (TPSA) is 140 Å². The fourth-order valence-corrected chi connectivity index (χ4v) is 3.52. The number of nitrogens with zero attached hydrogens (tertiary/aromatic N) is 2. The third-order valence-corrected chi connectivity index (χ3v) is 5.21. The van der Waals surface area contributed by atoms with Gasteiger partial charge in [0, 0.05) is 37.8 Å². The van der Waals surface area contributed by atoms with E-state index >= 15 is 0 Å². The molecule has 0 spiro atoms. The predicted octanol–water partition coefficient (Wildman–Crippen LogP) is 1.69. The van der Waals surface area contributed by atoms with Crippen LogP contribution in [0.25, 0.3) is 0 Å². The number of amides is 2. The minimum atomic E-state index is -0.790. The van der Waals surface area contributed by atoms with Crippen molar-refractivity contribution in [2.75, 3.05) is 44.7 Å². The Balaban J connectivity index is 1.74. The minimum Gasteiger partial charge on any atom is -0.379 e. The number of rotatable bonds is 10. The number of carbonyl (C=O) groups is 2. The summed E-state index contributed by atoms with van der Waals surface area (Å²) in [6, 6.07) is 12.3. The van der Waals surface area contributed by atoms with Crippen molar-refractivity contribution in [2.45, 2.75) is 12.5 Å². The summed E-state index contributed by atoms with van der Waals surface area (Å²) >= 11 is 0. The summed E-state index contributed by atoms with van der Waals surface area (Å²) in [5, 5.41) is 17.6. The average Bonchev–Trinajstić information content (AvgIpc) is 2.79. The Labute approximate surface area is 185 Å². The molecule has 1 atom stereocenters. The summed E-state index contributed by atoms with van der Waals surface area (Å²) in [6.45, 7) is 4.31. The molecule has 32 heavy (non-hydrogen) atoms. The van der Waals surface area contributed by atoms with Crippen LogP contribution < -0.4 is 16.4 Å². The van der Waals surface area contributed by atoms with E-state index in [1.807, 2.05) is 0 Å². The van der Waals surface area contributed by atoms with E-state index in [-0.39, 0.29) is 12.1 Å². The fourth-order valence-electron chi connectivity index (χ4n) is 3.52. The molecule has 0 saturated carbocycles. The van der Waals surface area contributed by atoms with Crippen molar-refractivity contribution in [1.29, 1.82) is 0 Å². The molecule has 1 aliphatic heterocycles. The van der Waals surface area contributed by atoms with Crippen LogP contribution in [-0.4, -0.2) is 61.0 Å². The van der Waals surface area contributed by atoms with Crippen molar-refractivity contribution in [3.05, 3.63) is 69.8 Å². The molecule has 170 valence electrons. The highest BCUT2D eigenvalue weighted by molar-refractivity contribution is 5.94. The molecule has 2 amide bonds. The van der Waals surface area contributed by atoms with E-state index in [1.165, 1.54) is 6.07 Å². The number of nitro groups is 1. The highest BCUT2D eigenvalue weighted by Gasteiger charge is 2.23. The van der Waals surface area contributed by atoms with Gasteiger partial charge < -0.3 is 21.1 Å². The second kappa shape index (κ2) is 11.2. The maximum Gasteiger partial charge on any atom is 0.292 e. The van der Waals surface area contributed by atoms with Gasteiger partial charge in [-0.1, -0.05) is 24.3 Å². The summed E-state index contributed by atoms with van der Waals surface area (Å²) < 4.78 is 5.32. The van der Waals surface area contributed by atoms with Gasteiger partial charge >= 0.3 is 0 Å². The van der Waals surface area contributed by atoms with E-state index in [4.69, 9.17) is 10.5 Å². The third-order valence-electron chi connectivity index (χ3n) is 5.21. The summed E-state index contributed by atoms with van der Waals surface area (Å²) in [7, 11) is 0. The molecule has 2 aromatic carbocycles. The molecule has 0 aromatic heterocycles. The number of ether oxygens (including phenoxy) is 1. The average molecular weight is 441 g/mol. The number of benzene rings is 2. The standard InChI is InChI=1S/C22H27N5O5/c23-21(28)15-19(25-22(29)16-4-2-1-3-5-16)17-6-7-18(20(14-17)27(30)31)24-8-9-26-10-12-32-13-11-26/h1-7,14,19,24H,8-13,15H2,(H2,23,28)(H,25,29). The molecule has 2 aromatic rings. The maximum absolute atomic E-state index is 12.6. The number of carbonyl (C=O) groups excluding carboxylic acids is 2. The van der Waals surface area contributed by atoms with E-state index in [9.17, 15) is 19.7 Å². The molecule has 1 heterocycles. The number of morpholine rings is 1. The molecule has 3 rings (SSSR count). The zero-order chi connectivity index (χ0) is 22.9. The van der Waals surface area contributed by atoms with E-state index in [0.29, 0.717) is 36.6 Å². The van der Waals surface area contributed by atoms with E-state index in [0.717, 1.165) is 19.6 Å². The first kappa shape index (κ1) is 23.2. The highest BCUT2D eigenvalue weighted by Crippen LogP contribution is 2.29. The lowest BCUT2D eigenvalue weighted by molar-refractivity contribution is -0.384. The number of nitro benzene ring substituents is 1. The Morgan fingerprint density at radius 1 is 1.16 bits per heavy atom. The Hall–Kier alpha value is -3.50. The number of hydrogen-bond donors (Lipinski definition) is 3. The molecule has 4 N–H and O–H groups in total. The Bertz CT molecular complexity index is 947. The quantitative estimate of drug-likeness (QED) is 0.376. The van der Waals surface area contributed by atoms with Gasteiger partial charge in [-0.05, 0) is 23.8 Å². The van der Waals surface area contributed by atoms with Crippen molar-refractivity contribution in [3.63, 3.8) is 0 Å². The number of primary amides is 1. The minimum absolute atomic E-state index is 0.132. The molecule has 1 fully saturated rings. The van der Waals surface area contributed by atoms with Crippen LogP contribution in [0.4, 0.5) is 11.4 Å². The van der Waals surface area contributed by atoms with Crippen molar-refractivity contribution in [2.24, 2.45) is 5.73 Å². The largest absolute Gasteiger partial charge is 0.379 e. The lowest BCUT2D eigenvalue weighted by Gasteiger charge is -2.26. The Kier molecular flexibility index (Phi) is 8.12. The maximum atomic E-state index is 12.6. The van der Waals surface area contributed by atoms with Gasteiger partial charge in [0.1, 0.15) is 5.69 Å². The van der Waals surface area contributed by atoms with E-state index < -0.39 is 22.8 Å². The van der Waals surface area contributed by atoms with Gasteiger partial charge in [-0.25, -0.2) is 0 Å². The van der Waals surface area contributed by atoms with Crippen LogP contribution in [0.5, 0.6) is 0 Å². The molecule has 1 saturated heterocycles. The third kappa shape index (κ3) is 6.50. The van der Waals surface area contributed by atoms with Gasteiger partial charge in [0.15, 0.2) is 0 Å². The summed E-state index contributed by atoms with van der Waals surface area (Å²) in [5.41, 5.74) is 6.45. The normalized spacial score (nSPS) is 15.0. The molecule has 10 nitrogen and oxygen atoms in total. The first-order chi connectivity index (χ1) is 15.4. The van der Waals surface area contributed by atoms with Gasteiger partial charge in [0.25, 0.3) is 11.6 Å². The molecular formula is C22H27N5O5. The number of nitrogens with one attached hydrogen (secondary N) is 2. The summed E-state index contributed by atoms with van der Waals surface area (Å²) in [4.78, 5) is 37.6. The first-order valence-electron chi connectivity index (χ1n) is 10.4. The molecule has 0 aliphatic carbocycles. The van der Waals surface area contributed by atoms with Crippen molar-refractivity contribution >= 4 is 23.2 Å². The molecular weight excluding hydrogens is 414 g/mol. The molecule has 1 unspecified atom stereocenters. The van der Waals surface area contributed by atoms with Crippen LogP contribution in [-0.2, 0) is 9.53 Å². The summed E-state index contributed by atoms with van der Waals surface area (Å²) in [6.07, 6.45) is -0.181. The molecule has 10 heteroatoms. The van der Waals surface area contributed by atoms with Crippen LogP contribution in [0.15, 0.2) is 48.5 Å². The number of hydrogen-bond acceptors (Lipinski definition) is 7. The van der Waals surface area contributed by atoms with Gasteiger partial charge in [-0.2, -0.15) is 0 Å². The van der Waals surface area contributed by atoms with E-state index in [1.54, 1.807) is 42.5 Å². The predicted molar refractivity (Wildman–Crippen MR) is 119 cm³/mol. The molecule has 0 radical (unpaired) electrons. The summed E-state index contributed by atoms with van der Waals surface area (Å²) in [5.74, 6) is -1.02. The zero-order valence-electron chi connectivity index (χ0n) is 17.7. The van der Waals surface area contributed by atoms with Gasteiger partial charge in [0.2, 0.25) is 5.91 Å². The number of nitrogens with two attached hydrogens (primary N) is 1. The molecule has 1 aliphatic rings. The zero-order valence-corrected chi connectivity index (χ0v) is 17.7. The fraction of sp³-hybridized carbons (Fsp3) is 0.364. The van der Waals surface area contributed by atoms with Crippen LogP contribution >= 0.6 is 0 Å². The van der Waals surface area contributed by atoms with Gasteiger partial charge in [-0.15, -0.1) is 0 Å². The van der Waals surface area contributed by atoms with Crippen molar-refractivity contribution in [1.82, 2.24) is 10.2 Å². The molecule has 0 bridgehead atoms. The van der Waals surface area contributed by atoms with Gasteiger partial charge in [-0.3, -0.25) is 24.6 Å². The van der Waals surface area contributed by atoms with E-state index in [2.05, 4.69) is 15.5 Å². The smallest absolute Gasteiger partial charge is 0.292 e. The van der Waals surface area contributed by atoms with Crippen molar-refractivity contribution < 1.29 is 19.2 Å². The van der Waals surface area contributed by atoms with Crippen LogP contribution in [0.1, 0.15) is 28.4 Å². The second-order valence-electron chi connectivity index (χ2n) is 7.48. The van der Waals surface area contributed by atoms with Crippen LogP contribution in [0, 0.1) is 10.1 Å². The van der Waals surface area contributed by atoms with Crippen molar-refractivity contribution in [3.8, 4) is 0 Å². The lowest BCUT2D eigenvalue weighted by Crippen LogP contribution is -2.39. The highest BCUT2D eigenvalue weighted by atomic mass is 16.6. The Morgan fingerprint density at radius 2 is 1.88 bits per heavy atom. The van der Waals surface area contributed by atoms with Crippen LogP contribution in [0.2, 0.25) is 0 Å². The Morgan fingerprint density at radius 3 is 2.53 bits per heavy atom. The van der Waals surface area contributed by atoms with Gasteiger partial charge in [0.05, 0.1) is 30.6 Å².